The van der Waals surface area contributed by atoms with Crippen LogP contribution < -0.4 is 10.5 Å². The number of sulfonamides is 1. The van der Waals surface area contributed by atoms with Crippen LogP contribution in [0.15, 0.2) is 42.5 Å². The smallest absolute Gasteiger partial charge is 0.237 e. The van der Waals surface area contributed by atoms with Gasteiger partial charge in [-0.15, -0.1) is 0 Å². The first-order chi connectivity index (χ1) is 9.91. The van der Waals surface area contributed by atoms with Crippen molar-refractivity contribution < 1.29 is 12.8 Å². The lowest BCUT2D eigenvalue weighted by molar-refractivity contribution is 0.600. The van der Waals surface area contributed by atoms with Crippen molar-refractivity contribution >= 4 is 21.4 Å². The molecule has 0 spiro atoms. The molecule has 0 saturated carbocycles. The van der Waals surface area contributed by atoms with E-state index in [9.17, 15) is 12.8 Å². The average Bonchev–Trinajstić information content (AvgIpc) is 2.43. The summed E-state index contributed by atoms with van der Waals surface area (Å²) >= 11 is 0. The molecule has 21 heavy (non-hydrogen) atoms. The van der Waals surface area contributed by atoms with Crippen molar-refractivity contribution in [2.75, 3.05) is 10.5 Å². The Morgan fingerprint density at radius 1 is 1.24 bits per heavy atom. The molecule has 0 aromatic heterocycles. The summed E-state index contributed by atoms with van der Waals surface area (Å²) in [4.78, 5) is 0. The zero-order valence-electron chi connectivity index (χ0n) is 10.9. The Hall–Kier alpha value is -2.59. The second-order valence-corrected chi connectivity index (χ2v) is 6.08. The Kier molecular flexibility index (Phi) is 4.10. The van der Waals surface area contributed by atoms with Crippen LogP contribution >= 0.6 is 0 Å². The van der Waals surface area contributed by atoms with Crippen LogP contribution in [0, 0.1) is 17.1 Å². The van der Waals surface area contributed by atoms with Gasteiger partial charge in [0, 0.05) is 5.69 Å². The first kappa shape index (κ1) is 14.8. The second-order valence-electron chi connectivity index (χ2n) is 4.36. The molecule has 2 aromatic carbocycles. The number of nitrogen functional groups attached to an aromatic ring is 1. The van der Waals surface area contributed by atoms with Crippen molar-refractivity contribution in [1.29, 1.82) is 5.26 Å². The molecule has 0 aliphatic heterocycles. The van der Waals surface area contributed by atoms with Crippen LogP contribution in [0.2, 0.25) is 0 Å². The molecule has 0 heterocycles. The number of benzene rings is 2. The molecular weight excluding hydrogens is 293 g/mol. The van der Waals surface area contributed by atoms with E-state index in [2.05, 4.69) is 4.72 Å². The maximum atomic E-state index is 13.0. The van der Waals surface area contributed by atoms with E-state index in [0.717, 1.165) is 12.1 Å². The Morgan fingerprint density at radius 2 is 1.95 bits per heavy atom. The molecule has 0 aliphatic rings. The van der Waals surface area contributed by atoms with Gasteiger partial charge in [0.1, 0.15) is 11.9 Å². The molecule has 2 rings (SSSR count). The van der Waals surface area contributed by atoms with Crippen molar-refractivity contribution in [3.8, 4) is 6.07 Å². The maximum absolute atomic E-state index is 13.0. The lowest BCUT2D eigenvalue weighted by Crippen LogP contribution is -2.16. The number of nitriles is 1. The molecular formula is C14H12FN3O2S. The fourth-order valence-corrected chi connectivity index (χ4v) is 3.03. The largest absolute Gasteiger partial charge is 0.398 e. The van der Waals surface area contributed by atoms with E-state index in [4.69, 9.17) is 11.0 Å². The van der Waals surface area contributed by atoms with E-state index in [1.165, 1.54) is 6.07 Å². The molecule has 0 atom stereocenters. The number of hydrogen-bond donors (Lipinski definition) is 2. The fraction of sp³-hybridized carbons (Fsp3) is 0.0714. The first-order valence-electron chi connectivity index (χ1n) is 5.95. The van der Waals surface area contributed by atoms with Crippen LogP contribution in [0.3, 0.4) is 0 Å². The Balaban J connectivity index is 2.27. The van der Waals surface area contributed by atoms with E-state index in [-0.39, 0.29) is 17.0 Å². The van der Waals surface area contributed by atoms with Gasteiger partial charge in [-0.05, 0) is 29.8 Å². The number of nitrogens with zero attached hydrogens (tertiary/aromatic N) is 1. The van der Waals surface area contributed by atoms with Gasteiger partial charge in [0.15, 0.2) is 0 Å². The van der Waals surface area contributed by atoms with Crippen molar-refractivity contribution in [3.05, 3.63) is 59.4 Å². The Labute approximate surface area is 121 Å². The summed E-state index contributed by atoms with van der Waals surface area (Å²) in [6, 6.07) is 11.6. The van der Waals surface area contributed by atoms with Crippen LogP contribution in [-0.2, 0) is 15.8 Å². The molecule has 0 bridgehead atoms. The van der Waals surface area contributed by atoms with Crippen LogP contribution in [0.25, 0.3) is 0 Å². The topological polar surface area (TPSA) is 96.0 Å². The third kappa shape index (κ3) is 3.70. The van der Waals surface area contributed by atoms with Gasteiger partial charge in [-0.1, -0.05) is 18.2 Å². The van der Waals surface area contributed by atoms with Crippen molar-refractivity contribution in [2.24, 2.45) is 0 Å². The minimum Gasteiger partial charge on any atom is -0.398 e. The van der Waals surface area contributed by atoms with Gasteiger partial charge in [-0.25, -0.2) is 12.8 Å². The number of rotatable bonds is 4. The molecule has 0 radical (unpaired) electrons. The molecule has 0 aliphatic carbocycles. The van der Waals surface area contributed by atoms with Crippen molar-refractivity contribution in [1.82, 2.24) is 0 Å². The lowest BCUT2D eigenvalue weighted by Gasteiger charge is -2.10. The highest BCUT2D eigenvalue weighted by Crippen LogP contribution is 2.20. The summed E-state index contributed by atoms with van der Waals surface area (Å²) < 4.78 is 39.5. The van der Waals surface area contributed by atoms with E-state index in [1.54, 1.807) is 30.3 Å². The van der Waals surface area contributed by atoms with Gasteiger partial charge in [0.2, 0.25) is 10.0 Å². The number of para-hydroxylation sites is 1. The predicted molar refractivity (Wildman–Crippen MR) is 78.2 cm³/mol. The van der Waals surface area contributed by atoms with Crippen LogP contribution in [0.1, 0.15) is 11.1 Å². The monoisotopic (exact) mass is 305 g/mol. The van der Waals surface area contributed by atoms with Crippen LogP contribution in [0.5, 0.6) is 0 Å². The summed E-state index contributed by atoms with van der Waals surface area (Å²) in [5.41, 5.74) is 6.47. The van der Waals surface area contributed by atoms with E-state index in [0.29, 0.717) is 11.3 Å². The molecule has 2 aromatic rings. The van der Waals surface area contributed by atoms with Gasteiger partial charge in [0.25, 0.3) is 0 Å². The summed E-state index contributed by atoms with van der Waals surface area (Å²) in [5, 5.41) is 8.90. The third-order valence-corrected chi connectivity index (χ3v) is 3.99. The average molecular weight is 305 g/mol. The van der Waals surface area contributed by atoms with E-state index in [1.807, 2.05) is 0 Å². The number of nitrogens with one attached hydrogen (secondary N) is 1. The number of nitrogens with two attached hydrogens (primary N) is 1. The minimum absolute atomic E-state index is 0.0356. The van der Waals surface area contributed by atoms with Crippen molar-refractivity contribution in [2.45, 2.75) is 5.75 Å². The summed E-state index contributed by atoms with van der Waals surface area (Å²) in [6.07, 6.45) is 0. The molecule has 5 nitrogen and oxygen atoms in total. The summed E-state index contributed by atoms with van der Waals surface area (Å²) in [6.45, 7) is 0. The zero-order chi connectivity index (χ0) is 15.5. The molecule has 0 saturated heterocycles. The molecule has 7 heteroatoms. The molecule has 0 amide bonds. The van der Waals surface area contributed by atoms with E-state index >= 15 is 0 Å². The lowest BCUT2D eigenvalue weighted by atomic mass is 10.2. The number of anilines is 2. The second kappa shape index (κ2) is 5.81. The number of hydrogen-bond acceptors (Lipinski definition) is 4. The van der Waals surface area contributed by atoms with Gasteiger partial charge in [-0.3, -0.25) is 4.72 Å². The highest BCUT2D eigenvalue weighted by molar-refractivity contribution is 7.91. The highest BCUT2D eigenvalue weighted by atomic mass is 32.2. The third-order valence-electron chi connectivity index (χ3n) is 2.77. The van der Waals surface area contributed by atoms with Gasteiger partial charge >= 0.3 is 0 Å². The molecule has 3 N–H and O–H groups in total. The SMILES string of the molecule is N#Cc1cc(F)ccc1NS(=O)(=O)Cc1ccccc1N. The molecule has 108 valence electrons. The molecule has 0 unspecified atom stereocenters. The maximum Gasteiger partial charge on any atom is 0.237 e. The quantitative estimate of drug-likeness (QED) is 0.846. The minimum atomic E-state index is -3.76. The van der Waals surface area contributed by atoms with Crippen molar-refractivity contribution in [3.63, 3.8) is 0 Å². The Bertz CT molecular complexity index is 813. The predicted octanol–water partition coefficient (Wildman–Crippen LogP) is 2.22. The van der Waals surface area contributed by atoms with Crippen LogP contribution in [0.4, 0.5) is 15.8 Å². The van der Waals surface area contributed by atoms with Crippen LogP contribution in [-0.4, -0.2) is 8.42 Å². The summed E-state index contributed by atoms with van der Waals surface area (Å²) in [7, 11) is -3.76. The first-order valence-corrected chi connectivity index (χ1v) is 7.60. The van der Waals surface area contributed by atoms with Gasteiger partial charge < -0.3 is 5.73 Å². The van der Waals surface area contributed by atoms with Gasteiger partial charge in [-0.2, -0.15) is 5.26 Å². The zero-order valence-corrected chi connectivity index (χ0v) is 11.7. The summed E-state index contributed by atoms with van der Waals surface area (Å²) in [5.74, 6) is -0.941. The highest BCUT2D eigenvalue weighted by Gasteiger charge is 2.15. The standard InChI is InChI=1S/C14H12FN3O2S/c15-12-5-6-14(11(7-12)8-16)18-21(19,20)9-10-3-1-2-4-13(10)17/h1-7,18H,9,17H2. The fourth-order valence-electron chi connectivity index (χ4n) is 1.77. The normalized spacial score (nSPS) is 10.9. The van der Waals surface area contributed by atoms with Gasteiger partial charge in [0.05, 0.1) is 17.0 Å². The van der Waals surface area contributed by atoms with E-state index < -0.39 is 15.8 Å². The molecule has 0 fully saturated rings. The number of halogens is 1. The Morgan fingerprint density at radius 3 is 2.62 bits per heavy atom.